The van der Waals surface area contributed by atoms with E-state index in [4.69, 9.17) is 38.4 Å². The van der Waals surface area contributed by atoms with Crippen molar-refractivity contribution in [3.63, 3.8) is 0 Å². The molecule has 0 fully saturated rings. The summed E-state index contributed by atoms with van der Waals surface area (Å²) in [6.45, 7) is 0.291. The summed E-state index contributed by atoms with van der Waals surface area (Å²) < 4.78 is 11.3. The molecule has 3 aromatic rings. The summed E-state index contributed by atoms with van der Waals surface area (Å²) in [6.07, 6.45) is 3.13. The van der Waals surface area contributed by atoms with E-state index >= 15 is 0 Å². The summed E-state index contributed by atoms with van der Waals surface area (Å²) in [4.78, 5) is 12.3. The average Bonchev–Trinajstić information content (AvgIpc) is 2.70. The predicted molar refractivity (Wildman–Crippen MR) is 118 cm³/mol. The molecule has 29 heavy (non-hydrogen) atoms. The van der Waals surface area contributed by atoms with Crippen molar-refractivity contribution in [2.45, 2.75) is 6.61 Å². The van der Waals surface area contributed by atoms with Gasteiger partial charge < -0.3 is 15.2 Å². The van der Waals surface area contributed by atoms with Gasteiger partial charge in [-0.1, -0.05) is 53.5 Å². The van der Waals surface area contributed by atoms with E-state index in [-0.39, 0.29) is 5.78 Å². The van der Waals surface area contributed by atoms with Crippen molar-refractivity contribution in [3.05, 3.63) is 93.5 Å². The van der Waals surface area contributed by atoms with E-state index in [9.17, 15) is 4.79 Å². The molecule has 2 N–H and O–H groups in total. The lowest BCUT2D eigenvalue weighted by molar-refractivity contribution is 0.104. The molecule has 0 aliphatic heterocycles. The molecular weight excluding hydrogens is 409 g/mol. The number of allylic oxidation sites excluding steroid dienone is 1. The maximum atomic E-state index is 12.3. The molecule has 0 unspecified atom stereocenters. The molecule has 0 radical (unpaired) electrons. The molecule has 0 atom stereocenters. The number of nitrogen functional groups attached to an aromatic ring is 1. The third-order valence-corrected chi connectivity index (χ3v) is 4.64. The molecule has 0 aliphatic carbocycles. The summed E-state index contributed by atoms with van der Waals surface area (Å²) in [7, 11) is 1.53. The Morgan fingerprint density at radius 1 is 1.07 bits per heavy atom. The van der Waals surface area contributed by atoms with Gasteiger partial charge in [0.05, 0.1) is 12.1 Å². The van der Waals surface area contributed by atoms with Gasteiger partial charge in [0, 0.05) is 16.3 Å². The maximum Gasteiger partial charge on any atom is 0.185 e. The monoisotopic (exact) mass is 427 g/mol. The summed E-state index contributed by atoms with van der Waals surface area (Å²) in [5.41, 5.74) is 8.39. The molecule has 6 heteroatoms. The number of nitrogens with two attached hydrogens (primary N) is 1. The Bertz CT molecular complexity index is 1060. The molecule has 3 aromatic carbocycles. The Labute approximate surface area is 179 Å². The van der Waals surface area contributed by atoms with Crippen LogP contribution in [0.5, 0.6) is 11.5 Å². The number of halogens is 2. The van der Waals surface area contributed by atoms with Crippen LogP contribution in [0.3, 0.4) is 0 Å². The Balaban J connectivity index is 1.78. The van der Waals surface area contributed by atoms with E-state index in [0.29, 0.717) is 45.0 Å². The van der Waals surface area contributed by atoms with E-state index in [1.165, 1.54) is 13.2 Å². The maximum absolute atomic E-state index is 12.3. The van der Waals surface area contributed by atoms with Gasteiger partial charge in [0.25, 0.3) is 0 Å². The molecule has 0 aliphatic rings. The number of ether oxygens (including phenoxy) is 2. The summed E-state index contributed by atoms with van der Waals surface area (Å²) in [5.74, 6) is 0.734. The first kappa shape index (κ1) is 20.8. The number of carbonyl (C=O) groups excluding carboxylic acids is 1. The summed E-state index contributed by atoms with van der Waals surface area (Å²) >= 11 is 12.4. The minimum absolute atomic E-state index is 0.159. The lowest BCUT2D eigenvalue weighted by Crippen LogP contribution is -1.99. The smallest absolute Gasteiger partial charge is 0.185 e. The second kappa shape index (κ2) is 9.50. The zero-order chi connectivity index (χ0) is 20.8. The second-order valence-corrected chi connectivity index (χ2v) is 7.12. The van der Waals surface area contributed by atoms with Crippen LogP contribution in [0.2, 0.25) is 10.0 Å². The fourth-order valence-corrected chi connectivity index (χ4v) is 3.20. The number of methoxy groups -OCH3 is 1. The van der Waals surface area contributed by atoms with Gasteiger partial charge in [0.15, 0.2) is 17.3 Å². The minimum atomic E-state index is -0.159. The third kappa shape index (κ3) is 5.53. The van der Waals surface area contributed by atoms with Crippen LogP contribution in [0.1, 0.15) is 21.5 Å². The van der Waals surface area contributed by atoms with Crippen LogP contribution in [0.4, 0.5) is 5.69 Å². The van der Waals surface area contributed by atoms with Crippen molar-refractivity contribution in [1.82, 2.24) is 0 Å². The fraction of sp³-hybridized carbons (Fsp3) is 0.0870. The standard InChI is InChI=1S/C23H19Cl2NO3/c1-28-22-12-15(8-9-21(27)17-5-3-7-19(26)13-17)11-20(25)23(22)29-14-16-4-2-6-18(24)10-16/h2-13H,14,26H2,1H3/b9-8+. The number of benzene rings is 3. The average molecular weight is 428 g/mol. The van der Waals surface area contributed by atoms with Crippen molar-refractivity contribution >= 4 is 40.7 Å². The molecule has 3 rings (SSSR count). The highest BCUT2D eigenvalue weighted by atomic mass is 35.5. The second-order valence-electron chi connectivity index (χ2n) is 6.28. The van der Waals surface area contributed by atoms with Gasteiger partial charge in [0.2, 0.25) is 0 Å². The Morgan fingerprint density at radius 2 is 1.86 bits per heavy atom. The van der Waals surface area contributed by atoms with Gasteiger partial charge >= 0.3 is 0 Å². The van der Waals surface area contributed by atoms with Gasteiger partial charge in [-0.05, 0) is 53.6 Å². The first-order valence-corrected chi connectivity index (χ1v) is 9.54. The molecule has 148 valence electrons. The third-order valence-electron chi connectivity index (χ3n) is 4.12. The number of ketones is 1. The Kier molecular flexibility index (Phi) is 6.81. The van der Waals surface area contributed by atoms with Crippen LogP contribution in [0, 0.1) is 0 Å². The Hall–Kier alpha value is -2.95. The van der Waals surface area contributed by atoms with Crippen LogP contribution < -0.4 is 15.2 Å². The molecule has 0 bridgehead atoms. The van der Waals surface area contributed by atoms with Crippen LogP contribution in [0.15, 0.2) is 66.7 Å². The van der Waals surface area contributed by atoms with Crippen LogP contribution >= 0.6 is 23.2 Å². The summed E-state index contributed by atoms with van der Waals surface area (Å²) in [5, 5.41) is 1.01. The topological polar surface area (TPSA) is 61.5 Å². The van der Waals surface area contributed by atoms with E-state index < -0.39 is 0 Å². The zero-order valence-electron chi connectivity index (χ0n) is 15.7. The highest BCUT2D eigenvalue weighted by Gasteiger charge is 2.12. The molecule has 0 saturated heterocycles. The molecule has 0 heterocycles. The van der Waals surface area contributed by atoms with Gasteiger partial charge in [-0.15, -0.1) is 0 Å². The van der Waals surface area contributed by atoms with Gasteiger partial charge in [-0.25, -0.2) is 0 Å². The minimum Gasteiger partial charge on any atom is -0.493 e. The first-order valence-electron chi connectivity index (χ1n) is 8.79. The van der Waals surface area contributed by atoms with E-state index in [2.05, 4.69) is 0 Å². The zero-order valence-corrected chi connectivity index (χ0v) is 17.2. The SMILES string of the molecule is COc1cc(/C=C/C(=O)c2cccc(N)c2)cc(Cl)c1OCc1cccc(Cl)c1. The van der Waals surface area contributed by atoms with Crippen LogP contribution in [-0.4, -0.2) is 12.9 Å². The van der Waals surface area contributed by atoms with Gasteiger partial charge in [0.1, 0.15) is 6.61 Å². The van der Waals surface area contributed by atoms with Crippen molar-refractivity contribution in [1.29, 1.82) is 0 Å². The van der Waals surface area contributed by atoms with Gasteiger partial charge in [-0.2, -0.15) is 0 Å². The van der Waals surface area contributed by atoms with Crippen molar-refractivity contribution in [3.8, 4) is 11.5 Å². The molecule has 0 saturated carbocycles. The van der Waals surface area contributed by atoms with Crippen molar-refractivity contribution in [2.75, 3.05) is 12.8 Å². The number of hydrogen-bond acceptors (Lipinski definition) is 4. The number of rotatable bonds is 7. The van der Waals surface area contributed by atoms with Crippen LogP contribution in [-0.2, 0) is 6.61 Å². The molecule has 0 spiro atoms. The van der Waals surface area contributed by atoms with E-state index in [1.807, 2.05) is 18.2 Å². The fourth-order valence-electron chi connectivity index (χ4n) is 2.72. The molecule has 0 amide bonds. The normalized spacial score (nSPS) is 10.9. The number of hydrogen-bond donors (Lipinski definition) is 1. The lowest BCUT2D eigenvalue weighted by atomic mass is 10.1. The Morgan fingerprint density at radius 3 is 2.59 bits per heavy atom. The predicted octanol–water partition coefficient (Wildman–Crippen LogP) is 6.06. The quantitative estimate of drug-likeness (QED) is 0.282. The highest BCUT2D eigenvalue weighted by Crippen LogP contribution is 2.37. The van der Waals surface area contributed by atoms with Gasteiger partial charge in [-0.3, -0.25) is 4.79 Å². The van der Waals surface area contributed by atoms with Crippen LogP contribution in [0.25, 0.3) is 6.08 Å². The molecule has 0 aromatic heterocycles. The molecular formula is C23H19Cl2NO3. The van der Waals surface area contributed by atoms with Crippen molar-refractivity contribution < 1.29 is 14.3 Å². The lowest BCUT2D eigenvalue weighted by Gasteiger charge is -2.13. The first-order chi connectivity index (χ1) is 14.0. The molecule has 4 nitrogen and oxygen atoms in total. The van der Waals surface area contributed by atoms with Crippen molar-refractivity contribution in [2.24, 2.45) is 0 Å². The highest BCUT2D eigenvalue weighted by molar-refractivity contribution is 6.32. The van der Waals surface area contributed by atoms with E-state index in [0.717, 1.165) is 5.56 Å². The largest absolute Gasteiger partial charge is 0.493 e. The summed E-state index contributed by atoms with van der Waals surface area (Å²) in [6, 6.07) is 17.6. The number of anilines is 1. The number of carbonyl (C=O) groups is 1. The van der Waals surface area contributed by atoms with E-state index in [1.54, 1.807) is 48.5 Å².